The van der Waals surface area contributed by atoms with Crippen molar-refractivity contribution in [3.63, 3.8) is 0 Å². The van der Waals surface area contributed by atoms with Crippen molar-refractivity contribution >= 4 is 18.1 Å². The van der Waals surface area contributed by atoms with E-state index in [9.17, 15) is 9.59 Å². The van der Waals surface area contributed by atoms with E-state index in [1.54, 1.807) is 20.8 Å². The monoisotopic (exact) mass is 254 g/mol. The van der Waals surface area contributed by atoms with Gasteiger partial charge in [-0.1, -0.05) is 0 Å². The van der Waals surface area contributed by atoms with Crippen LogP contribution in [0.15, 0.2) is 0 Å². The fraction of sp³-hybridized carbons (Fsp3) is 0.727. The molecular formula is C11H18N4O3. The van der Waals surface area contributed by atoms with Gasteiger partial charge in [0.2, 0.25) is 0 Å². The van der Waals surface area contributed by atoms with Crippen molar-refractivity contribution in [1.82, 2.24) is 10.6 Å². The summed E-state index contributed by atoms with van der Waals surface area (Å²) in [6.45, 7) is 5.90. The Kier molecular flexibility index (Phi) is 4.58. The number of hydrogen-bond acceptors (Lipinski definition) is 4. The Morgan fingerprint density at radius 3 is 2.72 bits per heavy atom. The fourth-order valence-electron chi connectivity index (χ4n) is 1.75. The van der Waals surface area contributed by atoms with Crippen molar-refractivity contribution < 1.29 is 19.1 Å². The second kappa shape index (κ2) is 5.75. The molecule has 0 radical (unpaired) electrons. The summed E-state index contributed by atoms with van der Waals surface area (Å²) in [5.41, 5.74) is 7.75. The van der Waals surface area contributed by atoms with Crippen molar-refractivity contribution in [3.05, 3.63) is 5.53 Å². The quantitative estimate of drug-likeness (QED) is 0.424. The molecular weight excluding hydrogens is 236 g/mol. The molecule has 1 fully saturated rings. The maximum absolute atomic E-state index is 11.6. The number of alkyl carbamates (subject to hydrolysis) is 1. The molecule has 100 valence electrons. The van der Waals surface area contributed by atoms with Crippen molar-refractivity contribution in [1.29, 1.82) is 0 Å². The summed E-state index contributed by atoms with van der Waals surface area (Å²) in [4.78, 5) is 25.8. The van der Waals surface area contributed by atoms with E-state index < -0.39 is 17.7 Å². The van der Waals surface area contributed by atoms with Crippen LogP contribution in [0.4, 0.5) is 4.79 Å². The molecule has 0 bridgehead atoms. The molecule has 0 saturated carbocycles. The first kappa shape index (κ1) is 14.3. The molecule has 1 rings (SSSR count). The average molecular weight is 254 g/mol. The first-order valence-corrected chi connectivity index (χ1v) is 5.77. The Morgan fingerprint density at radius 1 is 1.50 bits per heavy atom. The zero-order chi connectivity index (χ0) is 13.8. The Labute approximate surface area is 106 Å². The number of carbonyl (C=O) groups excluding carboxylic acids is 2. The second-order valence-corrected chi connectivity index (χ2v) is 5.12. The molecule has 1 saturated heterocycles. The Hall–Kier alpha value is -1.72. The largest absolute Gasteiger partial charge is 0.444 e. The van der Waals surface area contributed by atoms with Gasteiger partial charge in [-0.05, 0) is 33.7 Å². The van der Waals surface area contributed by atoms with E-state index in [0.29, 0.717) is 13.0 Å². The zero-order valence-corrected chi connectivity index (χ0v) is 10.8. The van der Waals surface area contributed by atoms with Gasteiger partial charge in [-0.2, -0.15) is 4.79 Å². The molecule has 2 N–H and O–H groups in total. The fourth-order valence-corrected chi connectivity index (χ4v) is 1.75. The first-order chi connectivity index (χ1) is 8.33. The van der Waals surface area contributed by atoms with E-state index in [0.717, 1.165) is 6.21 Å². The normalized spacial score (nSPS) is 23.1. The molecule has 0 aliphatic carbocycles. The molecule has 7 heteroatoms. The molecule has 1 aliphatic heterocycles. The lowest BCUT2D eigenvalue weighted by Gasteiger charge is -2.23. The summed E-state index contributed by atoms with van der Waals surface area (Å²) in [6.07, 6.45) is 0.886. The van der Waals surface area contributed by atoms with Crippen LogP contribution in [0.1, 0.15) is 27.2 Å². The van der Waals surface area contributed by atoms with Gasteiger partial charge in [-0.25, -0.2) is 4.79 Å². The Balaban J connectivity index is 2.58. The minimum Gasteiger partial charge on any atom is -0.444 e. The summed E-state index contributed by atoms with van der Waals surface area (Å²) in [7, 11) is 0. The highest BCUT2D eigenvalue weighted by atomic mass is 16.6. The molecule has 18 heavy (non-hydrogen) atoms. The lowest BCUT2D eigenvalue weighted by Crippen LogP contribution is -2.49. The van der Waals surface area contributed by atoms with Crippen molar-refractivity contribution in [3.8, 4) is 0 Å². The van der Waals surface area contributed by atoms with E-state index in [1.807, 2.05) is 0 Å². The predicted octanol–water partition coefficient (Wildman–Crippen LogP) is 0.111. The molecule has 0 aromatic heterocycles. The molecule has 0 spiro atoms. The third-order valence-corrected chi connectivity index (χ3v) is 2.42. The standard InChI is InChI=1S/C11H18N4O3/c1-11(2,3)18-10(17)15-7-4-5-13-9(7)8(16)6-14-12/h6-7,9,13H,4-5H2,1-3H3,(H,15,17)/t7-,9+/m1/s1. The lowest BCUT2D eigenvalue weighted by atomic mass is 10.1. The molecule has 0 aromatic rings. The van der Waals surface area contributed by atoms with Crippen LogP contribution in [0.25, 0.3) is 5.53 Å². The van der Waals surface area contributed by atoms with Crippen LogP contribution in [0.2, 0.25) is 0 Å². The van der Waals surface area contributed by atoms with Gasteiger partial charge >= 0.3 is 12.3 Å². The van der Waals surface area contributed by atoms with Gasteiger partial charge in [0.25, 0.3) is 5.78 Å². The first-order valence-electron chi connectivity index (χ1n) is 5.77. The van der Waals surface area contributed by atoms with Crippen LogP contribution in [-0.4, -0.2) is 47.1 Å². The average Bonchev–Trinajstić information content (AvgIpc) is 2.62. The minimum atomic E-state index is -0.581. The smallest absolute Gasteiger partial charge is 0.407 e. The summed E-state index contributed by atoms with van der Waals surface area (Å²) in [5, 5.41) is 5.57. The highest BCUT2D eigenvalue weighted by Crippen LogP contribution is 2.11. The SMILES string of the molecule is CC(C)(C)OC(=O)N[C@@H]1CCN[C@@H]1C(=O)C=[N+]=[N-]. The van der Waals surface area contributed by atoms with E-state index in [4.69, 9.17) is 10.3 Å². The molecule has 0 unspecified atom stereocenters. The highest BCUT2D eigenvalue weighted by Gasteiger charge is 2.35. The van der Waals surface area contributed by atoms with E-state index in [1.165, 1.54) is 0 Å². The second-order valence-electron chi connectivity index (χ2n) is 5.12. The van der Waals surface area contributed by atoms with Gasteiger partial charge in [0.15, 0.2) is 0 Å². The van der Waals surface area contributed by atoms with Crippen molar-refractivity contribution in [2.75, 3.05) is 6.54 Å². The number of carbonyl (C=O) groups is 2. The van der Waals surface area contributed by atoms with Crippen LogP contribution in [0, 0.1) is 0 Å². The number of nitrogens with zero attached hydrogens (tertiary/aromatic N) is 2. The van der Waals surface area contributed by atoms with E-state index in [2.05, 4.69) is 15.4 Å². The van der Waals surface area contributed by atoms with Gasteiger partial charge in [0.1, 0.15) is 5.60 Å². The Bertz CT molecular complexity index is 382. The van der Waals surface area contributed by atoms with E-state index in [-0.39, 0.29) is 11.8 Å². The van der Waals surface area contributed by atoms with Crippen molar-refractivity contribution in [2.45, 2.75) is 44.9 Å². The zero-order valence-electron chi connectivity index (χ0n) is 10.8. The number of Topliss-reactive ketones (excluding diaryl/α,β-unsaturated/α-hetero) is 1. The van der Waals surface area contributed by atoms with Gasteiger partial charge in [-0.3, -0.25) is 4.79 Å². The third kappa shape index (κ3) is 4.27. The van der Waals surface area contributed by atoms with Crippen LogP contribution < -0.4 is 10.6 Å². The van der Waals surface area contributed by atoms with E-state index >= 15 is 0 Å². The summed E-state index contributed by atoms with van der Waals surface area (Å²) >= 11 is 0. The number of ketones is 1. The van der Waals surface area contributed by atoms with Gasteiger partial charge in [-0.15, -0.1) is 0 Å². The minimum absolute atomic E-state index is 0.356. The van der Waals surface area contributed by atoms with Crippen LogP contribution >= 0.6 is 0 Å². The summed E-state index contributed by atoms with van der Waals surface area (Å²) < 4.78 is 5.12. The highest BCUT2D eigenvalue weighted by molar-refractivity contribution is 6.28. The summed E-state index contributed by atoms with van der Waals surface area (Å²) in [6, 6.07) is -0.932. The maximum Gasteiger partial charge on any atom is 0.407 e. The number of nitrogens with one attached hydrogen (secondary N) is 2. The molecule has 0 aromatic carbocycles. The molecule has 1 amide bonds. The molecule has 1 aliphatic rings. The molecule has 1 heterocycles. The third-order valence-electron chi connectivity index (χ3n) is 2.42. The Morgan fingerprint density at radius 2 is 2.17 bits per heavy atom. The van der Waals surface area contributed by atoms with Crippen molar-refractivity contribution in [2.24, 2.45) is 0 Å². The van der Waals surface area contributed by atoms with Gasteiger partial charge in [0.05, 0.1) is 12.1 Å². The van der Waals surface area contributed by atoms with Gasteiger partial charge in [0, 0.05) is 0 Å². The predicted molar refractivity (Wildman–Crippen MR) is 64.3 cm³/mol. The molecule has 2 atom stereocenters. The summed E-state index contributed by atoms with van der Waals surface area (Å²) in [5.74, 6) is -0.379. The number of ether oxygens (including phenoxy) is 1. The number of rotatable bonds is 3. The van der Waals surface area contributed by atoms with Crippen LogP contribution in [0.5, 0.6) is 0 Å². The van der Waals surface area contributed by atoms with Crippen LogP contribution in [0.3, 0.4) is 0 Å². The lowest BCUT2D eigenvalue weighted by molar-refractivity contribution is -0.118. The maximum atomic E-state index is 11.6. The van der Waals surface area contributed by atoms with Crippen LogP contribution in [-0.2, 0) is 9.53 Å². The van der Waals surface area contributed by atoms with Gasteiger partial charge < -0.3 is 20.9 Å². The number of hydrogen-bond donors (Lipinski definition) is 2. The molecule has 7 nitrogen and oxygen atoms in total. The number of amides is 1. The topological polar surface area (TPSA) is 104 Å².